The van der Waals surface area contributed by atoms with Gasteiger partial charge in [-0.15, -0.1) is 0 Å². The van der Waals surface area contributed by atoms with Crippen molar-refractivity contribution in [2.24, 2.45) is 5.92 Å². The molecule has 2 saturated heterocycles. The van der Waals surface area contributed by atoms with E-state index in [-0.39, 0.29) is 17.7 Å². The van der Waals surface area contributed by atoms with E-state index >= 15 is 0 Å². The zero-order valence-electron chi connectivity index (χ0n) is 13.0. The van der Waals surface area contributed by atoms with Crippen molar-refractivity contribution in [3.8, 4) is 0 Å². The van der Waals surface area contributed by atoms with Crippen LogP contribution in [0, 0.1) is 12.8 Å². The molecule has 2 fully saturated rings. The summed E-state index contributed by atoms with van der Waals surface area (Å²) in [6.45, 7) is 6.28. The molecule has 5 nitrogen and oxygen atoms in total. The standard InChI is InChI=1S/C17H23N3O2/c1-13-2-4-14(5-3-13)16(21)19-8-10-20(11-9-19)17(22)15-6-7-18-12-15/h2-5,15,18H,6-12H2,1H3. The fourth-order valence-electron chi connectivity index (χ4n) is 3.13. The molecule has 0 spiro atoms. The summed E-state index contributed by atoms with van der Waals surface area (Å²) < 4.78 is 0. The molecule has 2 aliphatic rings. The Morgan fingerprint density at radius 2 is 1.68 bits per heavy atom. The smallest absolute Gasteiger partial charge is 0.253 e. The Bertz CT molecular complexity index is 542. The van der Waals surface area contributed by atoms with Crippen LogP contribution in [0.1, 0.15) is 22.3 Å². The van der Waals surface area contributed by atoms with Crippen LogP contribution < -0.4 is 5.32 Å². The van der Waals surface area contributed by atoms with E-state index in [4.69, 9.17) is 0 Å². The first-order valence-corrected chi connectivity index (χ1v) is 8.00. The Morgan fingerprint density at radius 1 is 1.05 bits per heavy atom. The summed E-state index contributed by atoms with van der Waals surface area (Å²) in [5.41, 5.74) is 1.88. The van der Waals surface area contributed by atoms with E-state index in [1.807, 2.05) is 41.0 Å². The van der Waals surface area contributed by atoms with Gasteiger partial charge in [0.25, 0.3) is 5.91 Å². The number of piperazine rings is 1. The Morgan fingerprint density at radius 3 is 2.27 bits per heavy atom. The largest absolute Gasteiger partial charge is 0.339 e. The van der Waals surface area contributed by atoms with Gasteiger partial charge in [0.05, 0.1) is 5.92 Å². The second-order valence-corrected chi connectivity index (χ2v) is 6.17. The van der Waals surface area contributed by atoms with Crippen molar-refractivity contribution in [1.29, 1.82) is 0 Å². The molecule has 1 unspecified atom stereocenters. The summed E-state index contributed by atoms with van der Waals surface area (Å²) in [5, 5.41) is 3.23. The van der Waals surface area contributed by atoms with E-state index in [0.717, 1.165) is 30.6 Å². The number of nitrogens with zero attached hydrogens (tertiary/aromatic N) is 2. The normalized spacial score (nSPS) is 22.0. The fraction of sp³-hybridized carbons (Fsp3) is 0.529. The van der Waals surface area contributed by atoms with Gasteiger partial charge < -0.3 is 15.1 Å². The molecule has 22 heavy (non-hydrogen) atoms. The predicted octanol–water partition coefficient (Wildman–Crippen LogP) is 0.889. The van der Waals surface area contributed by atoms with Gasteiger partial charge in [0.1, 0.15) is 0 Å². The highest BCUT2D eigenvalue weighted by Gasteiger charge is 2.30. The highest BCUT2D eigenvalue weighted by atomic mass is 16.2. The summed E-state index contributed by atoms with van der Waals surface area (Å²) in [6, 6.07) is 7.67. The van der Waals surface area contributed by atoms with Crippen LogP contribution in [0.2, 0.25) is 0 Å². The van der Waals surface area contributed by atoms with Gasteiger partial charge in [-0.25, -0.2) is 0 Å². The molecule has 2 amide bonds. The van der Waals surface area contributed by atoms with Crippen molar-refractivity contribution in [2.75, 3.05) is 39.3 Å². The molecule has 2 aliphatic heterocycles. The molecular weight excluding hydrogens is 278 g/mol. The van der Waals surface area contributed by atoms with Crippen LogP contribution in [0.15, 0.2) is 24.3 Å². The van der Waals surface area contributed by atoms with Crippen LogP contribution in [-0.2, 0) is 4.79 Å². The molecular formula is C17H23N3O2. The number of amides is 2. The van der Waals surface area contributed by atoms with Crippen LogP contribution in [0.4, 0.5) is 0 Å². The number of carbonyl (C=O) groups excluding carboxylic acids is 2. The lowest BCUT2D eigenvalue weighted by Crippen LogP contribution is -2.52. The van der Waals surface area contributed by atoms with Crippen LogP contribution in [0.3, 0.4) is 0 Å². The lowest BCUT2D eigenvalue weighted by Gasteiger charge is -2.36. The lowest BCUT2D eigenvalue weighted by atomic mass is 10.1. The van der Waals surface area contributed by atoms with E-state index in [1.165, 1.54) is 0 Å². The van der Waals surface area contributed by atoms with Gasteiger partial charge in [0.15, 0.2) is 0 Å². The van der Waals surface area contributed by atoms with Gasteiger partial charge in [-0.2, -0.15) is 0 Å². The molecule has 0 saturated carbocycles. The third kappa shape index (κ3) is 3.14. The number of nitrogens with one attached hydrogen (secondary N) is 1. The van der Waals surface area contributed by atoms with Crippen molar-refractivity contribution >= 4 is 11.8 Å². The van der Waals surface area contributed by atoms with Crippen molar-refractivity contribution in [2.45, 2.75) is 13.3 Å². The number of carbonyl (C=O) groups is 2. The first-order valence-electron chi connectivity index (χ1n) is 8.00. The number of rotatable bonds is 2. The van der Waals surface area contributed by atoms with Crippen molar-refractivity contribution in [3.63, 3.8) is 0 Å². The maximum atomic E-state index is 12.5. The topological polar surface area (TPSA) is 52.7 Å². The summed E-state index contributed by atoms with van der Waals surface area (Å²) in [6.07, 6.45) is 0.932. The minimum Gasteiger partial charge on any atom is -0.339 e. The molecule has 2 heterocycles. The third-order valence-corrected chi connectivity index (χ3v) is 4.59. The molecule has 0 aliphatic carbocycles. The van der Waals surface area contributed by atoms with E-state index in [1.54, 1.807) is 0 Å². The monoisotopic (exact) mass is 301 g/mol. The predicted molar refractivity (Wildman–Crippen MR) is 84.6 cm³/mol. The minimum absolute atomic E-state index is 0.0645. The van der Waals surface area contributed by atoms with Crippen LogP contribution >= 0.6 is 0 Å². The molecule has 0 aromatic heterocycles. The van der Waals surface area contributed by atoms with Gasteiger partial charge in [0.2, 0.25) is 5.91 Å². The van der Waals surface area contributed by atoms with Gasteiger partial charge >= 0.3 is 0 Å². The van der Waals surface area contributed by atoms with Crippen molar-refractivity contribution < 1.29 is 9.59 Å². The second kappa shape index (κ2) is 6.48. The van der Waals surface area contributed by atoms with E-state index in [2.05, 4.69) is 5.32 Å². The molecule has 1 aromatic rings. The molecule has 0 bridgehead atoms. The van der Waals surface area contributed by atoms with Crippen LogP contribution in [0.5, 0.6) is 0 Å². The Kier molecular flexibility index (Phi) is 4.43. The minimum atomic E-state index is 0.0645. The van der Waals surface area contributed by atoms with E-state index < -0.39 is 0 Å². The second-order valence-electron chi connectivity index (χ2n) is 6.17. The van der Waals surface area contributed by atoms with Crippen LogP contribution in [-0.4, -0.2) is 60.9 Å². The average Bonchev–Trinajstić information content (AvgIpc) is 3.09. The van der Waals surface area contributed by atoms with Crippen molar-refractivity contribution in [3.05, 3.63) is 35.4 Å². The van der Waals surface area contributed by atoms with E-state index in [9.17, 15) is 9.59 Å². The number of aryl methyl sites for hydroxylation is 1. The number of hydrogen-bond acceptors (Lipinski definition) is 3. The zero-order chi connectivity index (χ0) is 15.5. The van der Waals surface area contributed by atoms with Gasteiger partial charge in [-0.3, -0.25) is 9.59 Å². The maximum Gasteiger partial charge on any atom is 0.253 e. The molecule has 0 radical (unpaired) electrons. The Balaban J connectivity index is 1.56. The Hall–Kier alpha value is -1.88. The average molecular weight is 301 g/mol. The number of benzene rings is 1. The molecule has 3 rings (SSSR count). The van der Waals surface area contributed by atoms with Crippen molar-refractivity contribution in [1.82, 2.24) is 15.1 Å². The summed E-state index contributed by atoms with van der Waals surface area (Å²) >= 11 is 0. The first-order chi connectivity index (χ1) is 10.6. The SMILES string of the molecule is Cc1ccc(C(=O)N2CCN(C(=O)C3CCNC3)CC2)cc1. The van der Waals surface area contributed by atoms with Gasteiger partial charge in [-0.1, -0.05) is 17.7 Å². The third-order valence-electron chi connectivity index (χ3n) is 4.59. The van der Waals surface area contributed by atoms with Crippen LogP contribution in [0.25, 0.3) is 0 Å². The highest BCUT2D eigenvalue weighted by Crippen LogP contribution is 2.15. The molecule has 118 valence electrons. The molecule has 1 atom stereocenters. The highest BCUT2D eigenvalue weighted by molar-refractivity contribution is 5.94. The number of hydrogen-bond donors (Lipinski definition) is 1. The van der Waals surface area contributed by atoms with Gasteiger partial charge in [-0.05, 0) is 32.0 Å². The molecule has 1 aromatic carbocycles. The zero-order valence-corrected chi connectivity index (χ0v) is 13.0. The quantitative estimate of drug-likeness (QED) is 0.882. The Labute approximate surface area is 131 Å². The molecule has 5 heteroatoms. The summed E-state index contributed by atoms with van der Waals surface area (Å²) in [4.78, 5) is 28.6. The summed E-state index contributed by atoms with van der Waals surface area (Å²) in [5.74, 6) is 0.432. The first kappa shape index (κ1) is 15.0. The lowest BCUT2D eigenvalue weighted by molar-refractivity contribution is -0.136. The van der Waals surface area contributed by atoms with E-state index in [0.29, 0.717) is 26.2 Å². The molecule has 1 N–H and O–H groups in total. The fourth-order valence-corrected chi connectivity index (χ4v) is 3.13. The maximum absolute atomic E-state index is 12.5. The van der Waals surface area contributed by atoms with Gasteiger partial charge in [0, 0.05) is 38.3 Å². The summed E-state index contributed by atoms with van der Waals surface area (Å²) in [7, 11) is 0.